The average Bonchev–Trinajstić information content (AvgIpc) is 3.30. The highest BCUT2D eigenvalue weighted by Gasteiger charge is 2.11. The Bertz CT molecular complexity index is 1410. The van der Waals surface area contributed by atoms with Gasteiger partial charge in [0.1, 0.15) is 5.82 Å². The lowest BCUT2D eigenvalue weighted by Gasteiger charge is -2.13. The molecule has 0 unspecified atom stereocenters. The van der Waals surface area contributed by atoms with Gasteiger partial charge in [-0.3, -0.25) is 4.79 Å². The zero-order valence-corrected chi connectivity index (χ0v) is 23.3. The number of aryl methyl sites for hydroxylation is 3. The van der Waals surface area contributed by atoms with Crippen LogP contribution in [-0.4, -0.2) is 35.7 Å². The van der Waals surface area contributed by atoms with Gasteiger partial charge in [-0.15, -0.1) is 0 Å². The highest BCUT2D eigenvalue weighted by Crippen LogP contribution is 2.29. The second-order valence-corrected chi connectivity index (χ2v) is 9.69. The quantitative estimate of drug-likeness (QED) is 0.190. The molecule has 3 aromatic carbocycles. The van der Waals surface area contributed by atoms with E-state index in [1.165, 1.54) is 0 Å². The lowest BCUT2D eigenvalue weighted by atomic mass is 10.1. The maximum Gasteiger partial charge on any atom is 0.224 e. The van der Waals surface area contributed by atoms with Crippen LogP contribution in [0.2, 0.25) is 0 Å². The Morgan fingerprint density at radius 2 is 1.82 bits per heavy atom. The topological polar surface area (TPSA) is 65.4 Å². The zero-order chi connectivity index (χ0) is 27.5. The van der Waals surface area contributed by atoms with E-state index < -0.39 is 0 Å². The standard InChI is InChI=1S/C33H39N3O3/c1-4-12-26-18-19-30(31(23-26)38-3)39-22-10-9-21-36-29-16-8-7-15-28(29)35-32(36)17-11-20-34-33(37)24-27-14-6-5-13-25(27)2/h4-8,12-16,18-19,23H,9-11,17,20-22,24H2,1-3H3,(H,34,37)/b12-4+. The van der Waals surface area contributed by atoms with Crippen molar-refractivity contribution in [2.75, 3.05) is 20.3 Å². The molecule has 0 spiro atoms. The molecule has 0 bridgehead atoms. The Morgan fingerprint density at radius 3 is 2.64 bits per heavy atom. The van der Waals surface area contributed by atoms with Crippen molar-refractivity contribution in [1.29, 1.82) is 0 Å². The summed E-state index contributed by atoms with van der Waals surface area (Å²) in [5, 5.41) is 3.07. The van der Waals surface area contributed by atoms with Crippen LogP contribution in [0.1, 0.15) is 48.7 Å². The summed E-state index contributed by atoms with van der Waals surface area (Å²) >= 11 is 0. The SMILES string of the molecule is C/C=C/c1ccc(OCCCCn2c(CCCNC(=O)Cc3ccccc3C)nc3ccccc32)c(OC)c1. The number of imidazole rings is 1. The molecule has 0 aliphatic carbocycles. The van der Waals surface area contributed by atoms with Gasteiger partial charge in [-0.25, -0.2) is 4.98 Å². The molecule has 204 valence electrons. The van der Waals surface area contributed by atoms with Crippen molar-refractivity contribution >= 4 is 23.0 Å². The molecule has 1 heterocycles. The number of allylic oxidation sites excluding steroid dienone is 1. The molecule has 0 saturated carbocycles. The predicted octanol–water partition coefficient (Wildman–Crippen LogP) is 6.54. The second kappa shape index (κ2) is 14.2. The number of carbonyl (C=O) groups excluding carboxylic acids is 1. The number of amides is 1. The lowest BCUT2D eigenvalue weighted by Crippen LogP contribution is -2.26. The average molecular weight is 526 g/mol. The molecule has 0 radical (unpaired) electrons. The molecular formula is C33H39N3O3. The molecule has 39 heavy (non-hydrogen) atoms. The first kappa shape index (κ1) is 28.0. The number of nitrogens with zero attached hydrogens (tertiary/aromatic N) is 2. The summed E-state index contributed by atoms with van der Waals surface area (Å²) in [5.74, 6) is 2.64. The van der Waals surface area contributed by atoms with Crippen LogP contribution >= 0.6 is 0 Å². The number of hydrogen-bond acceptors (Lipinski definition) is 4. The molecule has 6 heteroatoms. The van der Waals surface area contributed by atoms with Gasteiger partial charge in [0.15, 0.2) is 11.5 Å². The molecule has 1 amide bonds. The maximum absolute atomic E-state index is 12.4. The number of hydrogen-bond donors (Lipinski definition) is 1. The monoisotopic (exact) mass is 525 g/mol. The molecular weight excluding hydrogens is 486 g/mol. The second-order valence-electron chi connectivity index (χ2n) is 9.69. The number of nitrogens with one attached hydrogen (secondary N) is 1. The van der Waals surface area contributed by atoms with E-state index in [9.17, 15) is 4.79 Å². The fourth-order valence-electron chi connectivity index (χ4n) is 4.74. The molecule has 4 rings (SSSR count). The Morgan fingerprint density at radius 1 is 1.00 bits per heavy atom. The summed E-state index contributed by atoms with van der Waals surface area (Å²) < 4.78 is 13.9. The first-order chi connectivity index (χ1) is 19.1. The number of fused-ring (bicyclic) bond motifs is 1. The molecule has 6 nitrogen and oxygen atoms in total. The van der Waals surface area contributed by atoms with E-state index in [-0.39, 0.29) is 5.91 Å². The van der Waals surface area contributed by atoms with E-state index in [4.69, 9.17) is 14.5 Å². The number of benzene rings is 3. The van der Waals surface area contributed by atoms with Gasteiger partial charge in [-0.2, -0.15) is 0 Å². The van der Waals surface area contributed by atoms with E-state index in [2.05, 4.69) is 28.1 Å². The Labute approximate surface area is 231 Å². The van der Waals surface area contributed by atoms with Crippen LogP contribution in [0.25, 0.3) is 17.1 Å². The van der Waals surface area contributed by atoms with Crippen LogP contribution in [0.5, 0.6) is 11.5 Å². The van der Waals surface area contributed by atoms with Gasteiger partial charge in [0.2, 0.25) is 5.91 Å². The summed E-state index contributed by atoms with van der Waals surface area (Å²) in [5.41, 5.74) is 5.47. The smallest absolute Gasteiger partial charge is 0.224 e. The molecule has 0 aliphatic heterocycles. The van der Waals surface area contributed by atoms with Gasteiger partial charge in [-0.05, 0) is 74.1 Å². The predicted molar refractivity (Wildman–Crippen MR) is 158 cm³/mol. The number of rotatable bonds is 14. The fraction of sp³-hybridized carbons (Fsp3) is 0.333. The maximum atomic E-state index is 12.4. The third-order valence-corrected chi connectivity index (χ3v) is 6.83. The van der Waals surface area contributed by atoms with Gasteiger partial charge in [0, 0.05) is 19.5 Å². The third kappa shape index (κ3) is 7.73. The summed E-state index contributed by atoms with van der Waals surface area (Å²) in [6.07, 6.45) is 8.00. The number of para-hydroxylation sites is 2. The molecule has 0 aliphatic rings. The van der Waals surface area contributed by atoms with Crippen LogP contribution < -0.4 is 14.8 Å². The molecule has 4 aromatic rings. The molecule has 0 saturated heterocycles. The van der Waals surface area contributed by atoms with Crippen molar-refractivity contribution in [2.45, 2.75) is 52.5 Å². The molecule has 1 N–H and O–H groups in total. The lowest BCUT2D eigenvalue weighted by molar-refractivity contribution is -0.120. The van der Waals surface area contributed by atoms with E-state index >= 15 is 0 Å². The number of unbranched alkanes of at least 4 members (excludes halogenated alkanes) is 1. The summed E-state index contributed by atoms with van der Waals surface area (Å²) in [6.45, 7) is 6.16. The van der Waals surface area contributed by atoms with Gasteiger partial charge in [0.05, 0.1) is 31.2 Å². The number of ether oxygens (including phenoxy) is 2. The van der Waals surface area contributed by atoms with Crippen molar-refractivity contribution in [3.05, 3.63) is 95.3 Å². The Balaban J connectivity index is 1.27. The van der Waals surface area contributed by atoms with Crippen LogP contribution in [-0.2, 0) is 24.2 Å². The highest BCUT2D eigenvalue weighted by atomic mass is 16.5. The summed E-state index contributed by atoms with van der Waals surface area (Å²) in [6, 6.07) is 22.3. The fourth-order valence-corrected chi connectivity index (χ4v) is 4.74. The van der Waals surface area contributed by atoms with Crippen molar-refractivity contribution in [3.63, 3.8) is 0 Å². The number of carbonyl (C=O) groups is 1. The minimum absolute atomic E-state index is 0.0610. The third-order valence-electron chi connectivity index (χ3n) is 6.83. The zero-order valence-electron chi connectivity index (χ0n) is 23.3. The largest absolute Gasteiger partial charge is 0.493 e. The first-order valence-corrected chi connectivity index (χ1v) is 13.8. The van der Waals surface area contributed by atoms with Crippen molar-refractivity contribution < 1.29 is 14.3 Å². The van der Waals surface area contributed by atoms with Gasteiger partial charge in [0.25, 0.3) is 0 Å². The van der Waals surface area contributed by atoms with Crippen LogP contribution in [0.3, 0.4) is 0 Å². The number of methoxy groups -OCH3 is 1. The normalized spacial score (nSPS) is 11.3. The molecule has 0 fully saturated rings. The van der Waals surface area contributed by atoms with E-state index in [1.807, 2.05) is 74.5 Å². The van der Waals surface area contributed by atoms with Crippen LogP contribution in [0.15, 0.2) is 72.8 Å². The van der Waals surface area contributed by atoms with Crippen LogP contribution in [0, 0.1) is 6.92 Å². The van der Waals surface area contributed by atoms with Crippen LogP contribution in [0.4, 0.5) is 0 Å². The minimum atomic E-state index is 0.0610. The van der Waals surface area contributed by atoms with E-state index in [0.29, 0.717) is 19.6 Å². The first-order valence-electron chi connectivity index (χ1n) is 13.8. The summed E-state index contributed by atoms with van der Waals surface area (Å²) in [4.78, 5) is 17.3. The summed E-state index contributed by atoms with van der Waals surface area (Å²) in [7, 11) is 1.67. The Kier molecular flexibility index (Phi) is 10.2. The van der Waals surface area contributed by atoms with E-state index in [0.717, 1.165) is 77.3 Å². The highest BCUT2D eigenvalue weighted by molar-refractivity contribution is 5.79. The van der Waals surface area contributed by atoms with Crippen molar-refractivity contribution in [1.82, 2.24) is 14.9 Å². The van der Waals surface area contributed by atoms with Gasteiger partial charge in [-0.1, -0.05) is 54.6 Å². The Hall–Kier alpha value is -4.06. The van der Waals surface area contributed by atoms with Crippen molar-refractivity contribution in [2.24, 2.45) is 0 Å². The van der Waals surface area contributed by atoms with Gasteiger partial charge >= 0.3 is 0 Å². The van der Waals surface area contributed by atoms with E-state index in [1.54, 1.807) is 7.11 Å². The van der Waals surface area contributed by atoms with Crippen molar-refractivity contribution in [3.8, 4) is 11.5 Å². The molecule has 0 atom stereocenters. The van der Waals surface area contributed by atoms with Gasteiger partial charge < -0.3 is 19.4 Å². The molecule has 1 aromatic heterocycles. The minimum Gasteiger partial charge on any atom is -0.493 e. The number of aromatic nitrogens is 2.